The minimum Gasteiger partial charge on any atom is -0.464 e. The second kappa shape index (κ2) is 24.9. The Labute approximate surface area is 229 Å². The van der Waals surface area contributed by atoms with Crippen LogP contribution in [0, 0.1) is 16.0 Å². The van der Waals surface area contributed by atoms with Crippen LogP contribution >= 0.6 is 0 Å². The number of ketones is 1. The van der Waals surface area contributed by atoms with Gasteiger partial charge in [0.2, 0.25) is 5.91 Å². The van der Waals surface area contributed by atoms with Crippen LogP contribution in [-0.4, -0.2) is 42.0 Å². The van der Waals surface area contributed by atoms with Crippen molar-refractivity contribution in [3.05, 3.63) is 22.3 Å². The van der Waals surface area contributed by atoms with Gasteiger partial charge in [-0.1, -0.05) is 70.4 Å². The standard InChI is InChI=1S/C15H28O.C14H24N2O6/c1-2-3-4-5-6-11-15(16)13-12-14-9-7-8-10-14;1-3-4-5-6-9-13(17)15-12(2)14(18)21-10-7-8-11-22-16(19)20/h14H,2-13H2,1H3;3-4,12H,5-11H2,1-2H3,(H,15,17)/b;4-3-. The second-order valence-electron chi connectivity index (χ2n) is 10.1. The van der Waals surface area contributed by atoms with Gasteiger partial charge in [0, 0.05) is 19.3 Å². The van der Waals surface area contributed by atoms with E-state index in [1.807, 2.05) is 19.1 Å². The fourth-order valence-corrected chi connectivity index (χ4v) is 4.28. The number of carbonyl (C=O) groups excluding carboxylic acids is 3. The number of hydrogen-bond donors (Lipinski definition) is 1. The van der Waals surface area contributed by atoms with Gasteiger partial charge in [0.05, 0.1) is 13.2 Å². The van der Waals surface area contributed by atoms with Crippen molar-refractivity contribution in [2.45, 2.75) is 136 Å². The van der Waals surface area contributed by atoms with Crippen LogP contribution in [0.5, 0.6) is 0 Å². The van der Waals surface area contributed by atoms with Gasteiger partial charge >= 0.3 is 5.97 Å². The van der Waals surface area contributed by atoms with E-state index in [-0.39, 0.29) is 19.1 Å². The first kappa shape index (κ1) is 35.5. The molecule has 9 nitrogen and oxygen atoms in total. The molecule has 1 amide bonds. The lowest BCUT2D eigenvalue weighted by Crippen LogP contribution is -2.39. The van der Waals surface area contributed by atoms with Crippen molar-refractivity contribution in [2.24, 2.45) is 5.92 Å². The molecule has 0 aliphatic heterocycles. The number of nitrogens with one attached hydrogen (secondary N) is 1. The maximum Gasteiger partial charge on any atom is 0.328 e. The second-order valence-corrected chi connectivity index (χ2v) is 10.1. The smallest absolute Gasteiger partial charge is 0.328 e. The lowest BCUT2D eigenvalue weighted by Gasteiger charge is -2.13. The van der Waals surface area contributed by atoms with Crippen LogP contribution in [0.25, 0.3) is 0 Å². The van der Waals surface area contributed by atoms with Crippen LogP contribution < -0.4 is 5.32 Å². The number of nitrogens with zero attached hydrogens (tertiary/aromatic N) is 1. The Hall–Kier alpha value is -2.45. The molecule has 1 aliphatic carbocycles. The molecule has 0 radical (unpaired) electrons. The largest absolute Gasteiger partial charge is 0.464 e. The number of rotatable bonds is 21. The van der Waals surface area contributed by atoms with Crippen LogP contribution in [0.3, 0.4) is 0 Å². The summed E-state index contributed by atoms with van der Waals surface area (Å²) in [5.41, 5.74) is 0. The van der Waals surface area contributed by atoms with E-state index in [0.717, 1.165) is 38.0 Å². The van der Waals surface area contributed by atoms with E-state index in [0.29, 0.717) is 25.0 Å². The van der Waals surface area contributed by atoms with E-state index in [2.05, 4.69) is 17.1 Å². The zero-order chi connectivity index (χ0) is 28.4. The summed E-state index contributed by atoms with van der Waals surface area (Å²) < 4.78 is 4.96. The van der Waals surface area contributed by atoms with Gasteiger partial charge in [0.25, 0.3) is 5.09 Å². The molecule has 220 valence electrons. The van der Waals surface area contributed by atoms with Crippen molar-refractivity contribution in [3.8, 4) is 0 Å². The third-order valence-electron chi connectivity index (χ3n) is 6.59. The van der Waals surface area contributed by atoms with Crippen molar-refractivity contribution >= 4 is 17.7 Å². The monoisotopic (exact) mass is 540 g/mol. The van der Waals surface area contributed by atoms with Gasteiger partial charge < -0.3 is 14.9 Å². The highest BCUT2D eigenvalue weighted by Crippen LogP contribution is 2.28. The molecule has 1 aliphatic rings. The Bertz CT molecular complexity index is 676. The number of carbonyl (C=O) groups is 3. The van der Waals surface area contributed by atoms with Gasteiger partial charge in [0.1, 0.15) is 11.8 Å². The first-order chi connectivity index (χ1) is 18.3. The van der Waals surface area contributed by atoms with Gasteiger partial charge in [-0.2, -0.15) is 0 Å². The number of amides is 1. The van der Waals surface area contributed by atoms with Crippen molar-refractivity contribution < 1.29 is 29.0 Å². The SMILES string of the molecule is C/C=C\CCCC(=O)NC(C)C(=O)OCCCCO[N+](=O)[O-].CCCCCCCC(=O)CCC1CCCC1. The predicted octanol–water partition coefficient (Wildman–Crippen LogP) is 6.66. The Kier molecular flexibility index (Phi) is 23.3. The summed E-state index contributed by atoms with van der Waals surface area (Å²) in [6.45, 7) is 5.82. The van der Waals surface area contributed by atoms with Crippen LogP contribution in [0.2, 0.25) is 0 Å². The molecule has 0 bridgehead atoms. The number of hydrogen-bond acceptors (Lipinski definition) is 7. The van der Waals surface area contributed by atoms with E-state index in [4.69, 9.17) is 4.74 Å². The molecule has 1 fully saturated rings. The third kappa shape index (κ3) is 22.7. The number of allylic oxidation sites excluding steroid dienone is 2. The molecule has 0 aromatic heterocycles. The Morgan fingerprint density at radius 1 is 0.974 bits per heavy atom. The van der Waals surface area contributed by atoms with Gasteiger partial charge in [-0.25, -0.2) is 4.79 Å². The van der Waals surface area contributed by atoms with Gasteiger partial charge in [-0.15, -0.1) is 10.1 Å². The normalized spacial score (nSPS) is 14.0. The molecule has 1 atom stereocenters. The lowest BCUT2D eigenvalue weighted by molar-refractivity contribution is -0.757. The quantitative estimate of drug-likeness (QED) is 0.0567. The number of esters is 1. The maximum atomic E-state index is 11.6. The molecule has 9 heteroatoms. The first-order valence-corrected chi connectivity index (χ1v) is 14.7. The van der Waals surface area contributed by atoms with Crippen LogP contribution in [0.15, 0.2) is 12.2 Å². The van der Waals surface area contributed by atoms with Crippen molar-refractivity contribution in [2.75, 3.05) is 13.2 Å². The van der Waals surface area contributed by atoms with E-state index < -0.39 is 17.1 Å². The molecule has 0 aromatic rings. The molecule has 1 rings (SSSR count). The fourth-order valence-electron chi connectivity index (χ4n) is 4.28. The summed E-state index contributed by atoms with van der Waals surface area (Å²) in [7, 11) is 0. The Morgan fingerprint density at radius 3 is 2.32 bits per heavy atom. The average molecular weight is 541 g/mol. The highest BCUT2D eigenvalue weighted by Gasteiger charge is 2.17. The molecule has 38 heavy (non-hydrogen) atoms. The molecule has 0 spiro atoms. The fraction of sp³-hybridized carbons (Fsp3) is 0.828. The van der Waals surface area contributed by atoms with Crippen LogP contribution in [0.4, 0.5) is 0 Å². The number of Topliss-reactive ketones (excluding diaryl/α,β-unsaturated/α-hetero) is 1. The van der Waals surface area contributed by atoms with Crippen molar-refractivity contribution in [1.29, 1.82) is 0 Å². The number of unbranched alkanes of at least 4 members (excludes halogenated alkanes) is 6. The third-order valence-corrected chi connectivity index (χ3v) is 6.59. The molecule has 0 heterocycles. The highest BCUT2D eigenvalue weighted by molar-refractivity contribution is 5.84. The van der Waals surface area contributed by atoms with E-state index in [1.54, 1.807) is 6.92 Å². The highest BCUT2D eigenvalue weighted by atomic mass is 16.9. The maximum absolute atomic E-state index is 11.6. The van der Waals surface area contributed by atoms with Crippen LogP contribution in [0.1, 0.15) is 130 Å². The van der Waals surface area contributed by atoms with Crippen LogP contribution in [-0.2, 0) is 24.0 Å². The van der Waals surface area contributed by atoms with Crippen molar-refractivity contribution in [1.82, 2.24) is 5.32 Å². The first-order valence-electron chi connectivity index (χ1n) is 14.7. The van der Waals surface area contributed by atoms with E-state index in [1.165, 1.54) is 57.8 Å². The topological polar surface area (TPSA) is 125 Å². The molecule has 1 saturated carbocycles. The summed E-state index contributed by atoms with van der Waals surface area (Å²) in [6, 6.07) is -0.704. The Balaban J connectivity index is 0.000000755. The van der Waals surface area contributed by atoms with Gasteiger partial charge in [-0.3, -0.25) is 9.59 Å². The summed E-state index contributed by atoms with van der Waals surface area (Å²) in [5.74, 6) is 0.692. The molecule has 1 unspecified atom stereocenters. The average Bonchev–Trinajstić information content (AvgIpc) is 3.41. The zero-order valence-electron chi connectivity index (χ0n) is 24.0. The minimum atomic E-state index is -0.861. The number of ether oxygens (including phenoxy) is 1. The van der Waals surface area contributed by atoms with E-state index >= 15 is 0 Å². The molecule has 1 N–H and O–H groups in total. The minimum absolute atomic E-state index is 0.0248. The van der Waals surface area contributed by atoms with E-state index in [9.17, 15) is 24.5 Å². The van der Waals surface area contributed by atoms with Crippen molar-refractivity contribution in [3.63, 3.8) is 0 Å². The predicted molar refractivity (Wildman–Crippen MR) is 149 cm³/mol. The van der Waals surface area contributed by atoms with Gasteiger partial charge in [-0.05, 0) is 58.3 Å². The summed E-state index contributed by atoms with van der Waals surface area (Å²) in [6.07, 6.45) is 21.4. The Morgan fingerprint density at radius 2 is 1.66 bits per heavy atom. The summed E-state index contributed by atoms with van der Waals surface area (Å²) in [5, 5.41) is 11.6. The zero-order valence-corrected chi connectivity index (χ0v) is 24.0. The summed E-state index contributed by atoms with van der Waals surface area (Å²) >= 11 is 0. The molecular weight excluding hydrogens is 488 g/mol. The molecular formula is C29H52N2O7. The van der Waals surface area contributed by atoms with Gasteiger partial charge in [0.15, 0.2) is 0 Å². The summed E-state index contributed by atoms with van der Waals surface area (Å²) in [4.78, 5) is 48.8. The molecule has 0 aromatic carbocycles. The molecule has 0 saturated heterocycles. The lowest BCUT2D eigenvalue weighted by atomic mass is 9.98.